The minimum absolute atomic E-state index is 0.0898. The van der Waals surface area contributed by atoms with Crippen molar-refractivity contribution in [2.75, 3.05) is 6.54 Å². The van der Waals surface area contributed by atoms with Crippen molar-refractivity contribution in [2.24, 2.45) is 5.92 Å². The SMILES string of the molecule is CCC(NCC1CCCC1O)c1ccc(C)cc1. The van der Waals surface area contributed by atoms with Gasteiger partial charge in [0.05, 0.1) is 6.10 Å². The van der Waals surface area contributed by atoms with Crippen molar-refractivity contribution in [3.05, 3.63) is 35.4 Å². The van der Waals surface area contributed by atoms with E-state index in [0.29, 0.717) is 12.0 Å². The van der Waals surface area contributed by atoms with Crippen molar-refractivity contribution in [3.63, 3.8) is 0 Å². The van der Waals surface area contributed by atoms with Crippen LogP contribution in [0.25, 0.3) is 0 Å². The third-order valence-corrected chi connectivity index (χ3v) is 4.13. The summed E-state index contributed by atoms with van der Waals surface area (Å²) < 4.78 is 0. The van der Waals surface area contributed by atoms with Crippen LogP contribution in [-0.4, -0.2) is 17.8 Å². The van der Waals surface area contributed by atoms with E-state index in [4.69, 9.17) is 0 Å². The first-order valence-corrected chi connectivity index (χ1v) is 7.18. The molecule has 2 rings (SSSR count). The summed E-state index contributed by atoms with van der Waals surface area (Å²) in [4.78, 5) is 0. The van der Waals surface area contributed by atoms with Crippen LogP contribution in [0.1, 0.15) is 49.8 Å². The average Bonchev–Trinajstić information content (AvgIpc) is 2.78. The Hall–Kier alpha value is -0.860. The monoisotopic (exact) mass is 247 g/mol. The third-order valence-electron chi connectivity index (χ3n) is 4.13. The van der Waals surface area contributed by atoms with Gasteiger partial charge < -0.3 is 10.4 Å². The van der Waals surface area contributed by atoms with Gasteiger partial charge in [0.15, 0.2) is 0 Å². The standard InChI is InChI=1S/C16H25NO/c1-3-15(13-9-7-12(2)8-10-13)17-11-14-5-4-6-16(14)18/h7-10,14-18H,3-6,11H2,1-2H3. The van der Waals surface area contributed by atoms with E-state index in [1.54, 1.807) is 0 Å². The summed E-state index contributed by atoms with van der Waals surface area (Å²) >= 11 is 0. The molecule has 0 amide bonds. The molecule has 1 aromatic carbocycles. The zero-order valence-electron chi connectivity index (χ0n) is 11.5. The molecule has 1 aliphatic carbocycles. The maximum absolute atomic E-state index is 9.84. The Kier molecular flexibility index (Phi) is 4.79. The molecule has 0 aliphatic heterocycles. The van der Waals surface area contributed by atoms with Gasteiger partial charge in [-0.2, -0.15) is 0 Å². The van der Waals surface area contributed by atoms with E-state index < -0.39 is 0 Å². The highest BCUT2D eigenvalue weighted by Gasteiger charge is 2.25. The largest absolute Gasteiger partial charge is 0.393 e. The number of aryl methyl sites for hydroxylation is 1. The highest BCUT2D eigenvalue weighted by atomic mass is 16.3. The van der Waals surface area contributed by atoms with E-state index in [9.17, 15) is 5.11 Å². The zero-order chi connectivity index (χ0) is 13.0. The van der Waals surface area contributed by atoms with Gasteiger partial charge in [-0.05, 0) is 37.7 Å². The van der Waals surface area contributed by atoms with Crippen LogP contribution in [0.3, 0.4) is 0 Å². The molecule has 0 spiro atoms. The molecule has 3 atom stereocenters. The first-order chi connectivity index (χ1) is 8.70. The molecular weight excluding hydrogens is 222 g/mol. The molecule has 0 saturated heterocycles. The number of aliphatic hydroxyl groups is 1. The Morgan fingerprint density at radius 3 is 2.56 bits per heavy atom. The lowest BCUT2D eigenvalue weighted by molar-refractivity contribution is 0.129. The van der Waals surface area contributed by atoms with Crippen LogP contribution in [0, 0.1) is 12.8 Å². The molecule has 2 N–H and O–H groups in total. The molecule has 2 nitrogen and oxygen atoms in total. The maximum atomic E-state index is 9.84. The quantitative estimate of drug-likeness (QED) is 0.837. The van der Waals surface area contributed by atoms with E-state index in [2.05, 4.69) is 43.4 Å². The molecule has 1 saturated carbocycles. The number of hydrogen-bond acceptors (Lipinski definition) is 2. The van der Waals surface area contributed by atoms with E-state index in [0.717, 1.165) is 19.4 Å². The lowest BCUT2D eigenvalue weighted by Gasteiger charge is -2.22. The second-order valence-corrected chi connectivity index (χ2v) is 5.54. The van der Waals surface area contributed by atoms with E-state index in [1.165, 1.54) is 24.0 Å². The molecule has 0 radical (unpaired) electrons. The zero-order valence-corrected chi connectivity index (χ0v) is 11.5. The van der Waals surface area contributed by atoms with Crippen molar-refractivity contribution in [3.8, 4) is 0 Å². The van der Waals surface area contributed by atoms with Gasteiger partial charge in [-0.3, -0.25) is 0 Å². The average molecular weight is 247 g/mol. The van der Waals surface area contributed by atoms with Crippen LogP contribution in [-0.2, 0) is 0 Å². The van der Waals surface area contributed by atoms with Crippen molar-refractivity contribution >= 4 is 0 Å². The number of aliphatic hydroxyl groups excluding tert-OH is 1. The third kappa shape index (κ3) is 3.33. The van der Waals surface area contributed by atoms with Gasteiger partial charge in [-0.15, -0.1) is 0 Å². The number of nitrogens with one attached hydrogen (secondary N) is 1. The van der Waals surface area contributed by atoms with E-state index in [-0.39, 0.29) is 6.10 Å². The number of benzene rings is 1. The van der Waals surface area contributed by atoms with Crippen molar-refractivity contribution in [1.82, 2.24) is 5.32 Å². The van der Waals surface area contributed by atoms with Gasteiger partial charge in [0.2, 0.25) is 0 Å². The second kappa shape index (κ2) is 6.35. The number of hydrogen-bond donors (Lipinski definition) is 2. The first-order valence-electron chi connectivity index (χ1n) is 7.18. The Balaban J connectivity index is 1.91. The minimum Gasteiger partial charge on any atom is -0.393 e. The fourth-order valence-corrected chi connectivity index (χ4v) is 2.85. The molecule has 0 bridgehead atoms. The van der Waals surface area contributed by atoms with E-state index in [1.807, 2.05) is 0 Å². The summed E-state index contributed by atoms with van der Waals surface area (Å²) in [7, 11) is 0. The van der Waals surface area contributed by atoms with Crippen LogP contribution in [0.5, 0.6) is 0 Å². The molecule has 18 heavy (non-hydrogen) atoms. The van der Waals surface area contributed by atoms with Crippen LogP contribution in [0.15, 0.2) is 24.3 Å². The predicted octanol–water partition coefficient (Wildman–Crippen LogP) is 3.20. The Morgan fingerprint density at radius 1 is 1.28 bits per heavy atom. The smallest absolute Gasteiger partial charge is 0.0580 e. The molecule has 100 valence electrons. The fraction of sp³-hybridized carbons (Fsp3) is 0.625. The highest BCUT2D eigenvalue weighted by molar-refractivity contribution is 5.24. The molecule has 1 aliphatic rings. The van der Waals surface area contributed by atoms with Crippen molar-refractivity contribution < 1.29 is 5.11 Å². The lowest BCUT2D eigenvalue weighted by atomic mass is 10.0. The maximum Gasteiger partial charge on any atom is 0.0580 e. The minimum atomic E-state index is -0.0898. The van der Waals surface area contributed by atoms with Crippen LogP contribution >= 0.6 is 0 Å². The topological polar surface area (TPSA) is 32.3 Å². The number of rotatable bonds is 5. The van der Waals surface area contributed by atoms with Crippen molar-refractivity contribution in [2.45, 2.75) is 51.7 Å². The molecule has 3 unspecified atom stereocenters. The lowest BCUT2D eigenvalue weighted by Crippen LogP contribution is -2.30. The Bertz CT molecular complexity index is 360. The molecule has 0 aromatic heterocycles. The van der Waals surface area contributed by atoms with Crippen LogP contribution < -0.4 is 5.32 Å². The van der Waals surface area contributed by atoms with Gasteiger partial charge in [0, 0.05) is 12.6 Å². The summed E-state index contributed by atoms with van der Waals surface area (Å²) in [6.45, 7) is 5.27. The highest BCUT2D eigenvalue weighted by Crippen LogP contribution is 2.26. The molecule has 2 heteroatoms. The van der Waals surface area contributed by atoms with Gasteiger partial charge in [-0.1, -0.05) is 43.2 Å². The van der Waals surface area contributed by atoms with E-state index >= 15 is 0 Å². The summed E-state index contributed by atoms with van der Waals surface area (Å²) in [5.41, 5.74) is 2.66. The van der Waals surface area contributed by atoms with Gasteiger partial charge in [0.1, 0.15) is 0 Å². The van der Waals surface area contributed by atoms with Crippen molar-refractivity contribution in [1.29, 1.82) is 0 Å². The predicted molar refractivity (Wildman–Crippen MR) is 75.6 cm³/mol. The van der Waals surface area contributed by atoms with Crippen LogP contribution in [0.2, 0.25) is 0 Å². The van der Waals surface area contributed by atoms with Crippen LogP contribution in [0.4, 0.5) is 0 Å². The molecule has 1 fully saturated rings. The summed E-state index contributed by atoms with van der Waals surface area (Å²) in [5, 5.41) is 13.5. The molecule has 1 aromatic rings. The second-order valence-electron chi connectivity index (χ2n) is 5.54. The van der Waals surface area contributed by atoms with Gasteiger partial charge in [-0.25, -0.2) is 0 Å². The summed E-state index contributed by atoms with van der Waals surface area (Å²) in [6.07, 6.45) is 4.32. The Labute approximate surface area is 110 Å². The van der Waals surface area contributed by atoms with Gasteiger partial charge in [0.25, 0.3) is 0 Å². The molecule has 0 heterocycles. The first kappa shape index (κ1) is 13.6. The normalized spacial score (nSPS) is 25.3. The fourth-order valence-electron chi connectivity index (χ4n) is 2.85. The van der Waals surface area contributed by atoms with Gasteiger partial charge >= 0.3 is 0 Å². The summed E-state index contributed by atoms with van der Waals surface area (Å²) in [5.74, 6) is 0.449. The Morgan fingerprint density at radius 2 is 2.00 bits per heavy atom. The summed E-state index contributed by atoms with van der Waals surface area (Å²) in [6, 6.07) is 9.18. The molecular formula is C16H25NO.